The van der Waals surface area contributed by atoms with Gasteiger partial charge in [-0.05, 0) is 31.3 Å². The minimum Gasteiger partial charge on any atom is -0.441 e. The van der Waals surface area contributed by atoms with E-state index in [0.717, 1.165) is 43.0 Å². The number of carbonyl (C=O) groups excluding carboxylic acids is 1. The number of thiazole rings is 1. The molecule has 3 heterocycles. The van der Waals surface area contributed by atoms with E-state index < -0.39 is 0 Å². The van der Waals surface area contributed by atoms with Crippen molar-refractivity contribution < 1.29 is 14.3 Å². The molecule has 152 valence electrons. The predicted octanol–water partition coefficient (Wildman–Crippen LogP) is 4.23. The van der Waals surface area contributed by atoms with Crippen LogP contribution < -0.4 is 5.32 Å². The van der Waals surface area contributed by atoms with E-state index >= 15 is 0 Å². The maximum absolute atomic E-state index is 12.4. The molecule has 0 bridgehead atoms. The standard InChI is InChI=1S/C20H28N4O3S/c1-20(2,3)16-13-21-17(27-16)5-4-15-12-22-18(28-15)23-19(26)24-9-6-14(7-10-24)8-11-25/h4-5,12-14,25H,6-11H2,1-3H3,(H,22,23,26). The fourth-order valence-corrected chi connectivity index (χ4v) is 3.77. The third kappa shape index (κ3) is 5.42. The van der Waals surface area contributed by atoms with Crippen molar-refractivity contribution in [1.29, 1.82) is 0 Å². The normalized spacial score (nSPS) is 16.1. The van der Waals surface area contributed by atoms with Gasteiger partial charge in [0.1, 0.15) is 5.76 Å². The maximum atomic E-state index is 12.4. The number of urea groups is 1. The van der Waals surface area contributed by atoms with E-state index in [1.807, 2.05) is 11.0 Å². The second kappa shape index (κ2) is 8.87. The number of hydrogen-bond acceptors (Lipinski definition) is 6. The van der Waals surface area contributed by atoms with Crippen molar-refractivity contribution in [3.8, 4) is 0 Å². The van der Waals surface area contributed by atoms with E-state index in [0.29, 0.717) is 16.9 Å². The number of aromatic nitrogens is 2. The van der Waals surface area contributed by atoms with Gasteiger partial charge in [-0.25, -0.2) is 14.8 Å². The van der Waals surface area contributed by atoms with Gasteiger partial charge in [0.05, 0.1) is 6.20 Å². The summed E-state index contributed by atoms with van der Waals surface area (Å²) in [7, 11) is 0. The number of anilines is 1. The van der Waals surface area contributed by atoms with E-state index in [4.69, 9.17) is 9.52 Å². The summed E-state index contributed by atoms with van der Waals surface area (Å²) in [6.07, 6.45) is 9.85. The van der Waals surface area contributed by atoms with Crippen LogP contribution in [0.4, 0.5) is 9.93 Å². The van der Waals surface area contributed by atoms with Gasteiger partial charge in [0.25, 0.3) is 0 Å². The Morgan fingerprint density at radius 3 is 2.71 bits per heavy atom. The van der Waals surface area contributed by atoms with Gasteiger partial charge in [0, 0.05) is 42.3 Å². The van der Waals surface area contributed by atoms with Gasteiger partial charge in [-0.3, -0.25) is 5.32 Å². The molecule has 0 radical (unpaired) electrons. The minimum absolute atomic E-state index is 0.0758. The SMILES string of the molecule is CC(C)(C)c1cnc(C=Cc2cnc(NC(=O)N3CCC(CCO)CC3)s2)o1. The number of aliphatic hydroxyl groups is 1. The van der Waals surface area contributed by atoms with Crippen LogP contribution in [0.15, 0.2) is 16.8 Å². The zero-order chi connectivity index (χ0) is 20.1. The molecule has 3 rings (SSSR count). The Kier molecular flexibility index (Phi) is 6.51. The van der Waals surface area contributed by atoms with Crippen molar-refractivity contribution in [3.05, 3.63) is 28.9 Å². The van der Waals surface area contributed by atoms with Gasteiger partial charge in [-0.1, -0.05) is 32.1 Å². The van der Waals surface area contributed by atoms with Crippen LogP contribution in [0.3, 0.4) is 0 Å². The van der Waals surface area contributed by atoms with Crippen molar-refractivity contribution in [2.75, 3.05) is 25.0 Å². The van der Waals surface area contributed by atoms with Gasteiger partial charge in [-0.2, -0.15) is 0 Å². The molecule has 8 heteroatoms. The average Bonchev–Trinajstić information content (AvgIpc) is 3.30. The van der Waals surface area contributed by atoms with E-state index in [1.165, 1.54) is 11.3 Å². The van der Waals surface area contributed by atoms with E-state index in [1.54, 1.807) is 18.5 Å². The van der Waals surface area contributed by atoms with E-state index in [2.05, 4.69) is 36.1 Å². The molecule has 28 heavy (non-hydrogen) atoms. The number of nitrogens with zero attached hydrogens (tertiary/aromatic N) is 3. The van der Waals surface area contributed by atoms with Gasteiger partial charge in [0.2, 0.25) is 5.89 Å². The second-order valence-electron chi connectivity index (χ2n) is 8.09. The number of hydrogen-bond donors (Lipinski definition) is 2. The molecule has 0 unspecified atom stereocenters. The minimum atomic E-state index is -0.116. The fraction of sp³-hybridized carbons (Fsp3) is 0.550. The molecule has 0 atom stereocenters. The number of oxazole rings is 1. The Hall–Kier alpha value is -2.19. The van der Waals surface area contributed by atoms with Gasteiger partial charge in [-0.15, -0.1) is 0 Å². The topological polar surface area (TPSA) is 91.5 Å². The molecule has 2 aromatic rings. The third-order valence-electron chi connectivity index (χ3n) is 4.83. The summed E-state index contributed by atoms with van der Waals surface area (Å²) in [5.41, 5.74) is -0.0758. The van der Waals surface area contributed by atoms with Crippen molar-refractivity contribution in [3.63, 3.8) is 0 Å². The van der Waals surface area contributed by atoms with E-state index in [9.17, 15) is 4.79 Å². The van der Waals surface area contributed by atoms with Crippen LogP contribution in [0.1, 0.15) is 56.6 Å². The molecule has 2 N–H and O–H groups in total. The molecular weight excluding hydrogens is 376 g/mol. The Morgan fingerprint density at radius 2 is 2.07 bits per heavy atom. The lowest BCUT2D eigenvalue weighted by atomic mass is 9.94. The number of piperidine rings is 1. The quantitative estimate of drug-likeness (QED) is 0.778. The number of nitrogens with one attached hydrogen (secondary N) is 1. The molecule has 0 saturated carbocycles. The first-order valence-corrected chi connectivity index (χ1v) is 10.4. The number of carbonyl (C=O) groups is 1. The molecule has 1 aliphatic rings. The molecule has 0 spiro atoms. The summed E-state index contributed by atoms with van der Waals surface area (Å²) in [5, 5.41) is 12.5. The van der Waals surface area contributed by atoms with Crippen molar-refractivity contribution >= 4 is 34.7 Å². The molecule has 0 aromatic carbocycles. The molecule has 1 saturated heterocycles. The van der Waals surface area contributed by atoms with Crippen LogP contribution in [0.5, 0.6) is 0 Å². The lowest BCUT2D eigenvalue weighted by Crippen LogP contribution is -2.41. The largest absolute Gasteiger partial charge is 0.441 e. The first-order valence-electron chi connectivity index (χ1n) is 9.62. The van der Waals surface area contributed by atoms with Crippen LogP contribution in [-0.4, -0.2) is 45.7 Å². The zero-order valence-electron chi connectivity index (χ0n) is 16.6. The summed E-state index contributed by atoms with van der Waals surface area (Å²) in [6.45, 7) is 7.89. The van der Waals surface area contributed by atoms with E-state index in [-0.39, 0.29) is 18.1 Å². The van der Waals surface area contributed by atoms with Crippen LogP contribution >= 0.6 is 11.3 Å². The Balaban J connectivity index is 1.53. The van der Waals surface area contributed by atoms with Crippen LogP contribution in [-0.2, 0) is 5.41 Å². The van der Waals surface area contributed by atoms with Crippen molar-refractivity contribution in [2.45, 2.75) is 45.4 Å². The first kappa shape index (κ1) is 20.5. The fourth-order valence-electron chi connectivity index (χ4n) is 3.06. The Bertz CT molecular complexity index is 814. The monoisotopic (exact) mass is 404 g/mol. The Morgan fingerprint density at radius 1 is 1.32 bits per heavy atom. The number of aliphatic hydroxyl groups excluding tert-OH is 1. The molecule has 2 aromatic heterocycles. The predicted molar refractivity (Wildman–Crippen MR) is 111 cm³/mol. The second-order valence-corrected chi connectivity index (χ2v) is 9.15. The Labute approximate surface area is 169 Å². The summed E-state index contributed by atoms with van der Waals surface area (Å²) in [4.78, 5) is 23.7. The molecule has 1 fully saturated rings. The highest BCUT2D eigenvalue weighted by Crippen LogP contribution is 2.25. The molecule has 1 aliphatic heterocycles. The van der Waals surface area contributed by atoms with Crippen LogP contribution in [0.2, 0.25) is 0 Å². The highest BCUT2D eigenvalue weighted by atomic mass is 32.1. The van der Waals surface area contributed by atoms with Crippen molar-refractivity contribution in [2.24, 2.45) is 5.92 Å². The lowest BCUT2D eigenvalue weighted by Gasteiger charge is -2.31. The molecule has 0 aliphatic carbocycles. The third-order valence-corrected chi connectivity index (χ3v) is 5.71. The summed E-state index contributed by atoms with van der Waals surface area (Å²) in [5.74, 6) is 1.90. The molecule has 2 amide bonds. The van der Waals surface area contributed by atoms with Gasteiger partial charge >= 0.3 is 6.03 Å². The summed E-state index contributed by atoms with van der Waals surface area (Å²) >= 11 is 1.41. The summed E-state index contributed by atoms with van der Waals surface area (Å²) < 4.78 is 5.74. The van der Waals surface area contributed by atoms with Gasteiger partial charge in [0.15, 0.2) is 5.13 Å². The maximum Gasteiger partial charge on any atom is 0.323 e. The highest BCUT2D eigenvalue weighted by molar-refractivity contribution is 7.16. The average molecular weight is 405 g/mol. The zero-order valence-corrected chi connectivity index (χ0v) is 17.5. The van der Waals surface area contributed by atoms with Crippen molar-refractivity contribution in [1.82, 2.24) is 14.9 Å². The first-order chi connectivity index (χ1) is 13.3. The molecular formula is C20H28N4O3S. The lowest BCUT2D eigenvalue weighted by molar-refractivity contribution is 0.167. The van der Waals surface area contributed by atoms with Crippen LogP contribution in [0.25, 0.3) is 12.2 Å². The smallest absolute Gasteiger partial charge is 0.323 e. The number of amides is 2. The molecule has 7 nitrogen and oxygen atoms in total. The summed E-state index contributed by atoms with van der Waals surface area (Å²) in [6, 6.07) is -0.116. The highest BCUT2D eigenvalue weighted by Gasteiger charge is 2.23. The number of rotatable bonds is 5. The van der Waals surface area contributed by atoms with Crippen LogP contribution in [0, 0.1) is 5.92 Å². The van der Waals surface area contributed by atoms with Gasteiger partial charge < -0.3 is 14.4 Å². The number of likely N-dealkylation sites (tertiary alicyclic amines) is 1.